The molecule has 144 valence electrons. The first-order chi connectivity index (χ1) is 12.6. The highest BCUT2D eigenvalue weighted by atomic mass is 16.5. The number of fused-ring (bicyclic) bond motifs is 1. The first-order valence-electron chi connectivity index (χ1n) is 10.5. The molecule has 1 aliphatic heterocycles. The highest BCUT2D eigenvalue weighted by Gasteiger charge is 2.17. The number of hydrogen-bond donors (Lipinski definition) is 0. The predicted molar refractivity (Wildman–Crippen MR) is 112 cm³/mol. The van der Waals surface area contributed by atoms with Gasteiger partial charge in [-0.3, -0.25) is 0 Å². The van der Waals surface area contributed by atoms with Crippen molar-refractivity contribution in [2.24, 2.45) is 17.8 Å². The van der Waals surface area contributed by atoms with Crippen LogP contribution in [0.4, 0.5) is 0 Å². The van der Waals surface area contributed by atoms with Crippen molar-refractivity contribution < 1.29 is 9.31 Å². The van der Waals surface area contributed by atoms with Gasteiger partial charge in [-0.1, -0.05) is 64.2 Å². The van der Waals surface area contributed by atoms with Crippen LogP contribution in [0.5, 0.6) is 5.75 Å². The van der Waals surface area contributed by atoms with Crippen LogP contribution in [0.3, 0.4) is 0 Å². The Labute approximate surface area is 161 Å². The van der Waals surface area contributed by atoms with Crippen LogP contribution in [0, 0.1) is 17.8 Å². The average molecular weight is 357 g/mol. The second-order valence-corrected chi connectivity index (χ2v) is 8.05. The van der Waals surface area contributed by atoms with Crippen molar-refractivity contribution in [2.75, 3.05) is 13.7 Å². The summed E-state index contributed by atoms with van der Waals surface area (Å²) in [4.78, 5) is 0. The molecule has 0 radical (unpaired) electrons. The molecule has 0 amide bonds. The van der Waals surface area contributed by atoms with Gasteiger partial charge in [-0.15, -0.1) is 0 Å². The molecule has 0 saturated heterocycles. The van der Waals surface area contributed by atoms with Crippen LogP contribution in [-0.2, 0) is 6.42 Å². The van der Waals surface area contributed by atoms with Gasteiger partial charge in [-0.25, -0.2) is 4.58 Å². The molecule has 3 atom stereocenters. The van der Waals surface area contributed by atoms with E-state index in [1.165, 1.54) is 50.5 Å². The van der Waals surface area contributed by atoms with E-state index in [2.05, 4.69) is 75.2 Å². The van der Waals surface area contributed by atoms with Crippen molar-refractivity contribution in [3.8, 4) is 5.75 Å². The molecule has 0 bridgehead atoms. The molecule has 1 aliphatic rings. The molecule has 3 unspecified atom stereocenters. The predicted octanol–water partition coefficient (Wildman–Crippen LogP) is 6.10. The maximum Gasteiger partial charge on any atom is 0.164 e. The lowest BCUT2D eigenvalue weighted by Crippen LogP contribution is -2.07. The van der Waals surface area contributed by atoms with E-state index in [1.54, 1.807) is 0 Å². The number of hydrogen-bond acceptors (Lipinski definition) is 1. The monoisotopic (exact) mass is 356 g/mol. The van der Waals surface area contributed by atoms with Crippen LogP contribution < -0.4 is 4.74 Å². The van der Waals surface area contributed by atoms with Crippen molar-refractivity contribution in [2.45, 2.75) is 65.7 Å². The molecule has 2 rings (SSSR count). The highest BCUT2D eigenvalue weighted by Crippen LogP contribution is 2.29. The van der Waals surface area contributed by atoms with Gasteiger partial charge in [0.1, 0.15) is 19.0 Å². The standard InChI is InChI=1S/C24H38NO/c1-5-25(4)17-15-21(3)20(2)11-7-6-8-12-22-16-18-26-24-14-10-9-13-23(24)19-22/h5,9-10,13-15,17,20-22H,6-8,11-12,16,18-19H2,1-4H3/q+1. The molecule has 2 nitrogen and oxygen atoms in total. The van der Waals surface area contributed by atoms with Gasteiger partial charge in [0, 0.05) is 6.92 Å². The van der Waals surface area contributed by atoms with Crippen LogP contribution in [0.1, 0.15) is 64.9 Å². The van der Waals surface area contributed by atoms with Crippen molar-refractivity contribution in [3.63, 3.8) is 0 Å². The molecule has 0 spiro atoms. The number of ether oxygens (including phenoxy) is 1. The normalized spacial score (nSPS) is 20.3. The van der Waals surface area contributed by atoms with E-state index >= 15 is 0 Å². The lowest BCUT2D eigenvalue weighted by Gasteiger charge is -2.16. The molecule has 0 fully saturated rings. The fourth-order valence-electron chi connectivity index (χ4n) is 3.69. The van der Waals surface area contributed by atoms with Crippen molar-refractivity contribution in [1.29, 1.82) is 0 Å². The Morgan fingerprint density at radius 3 is 2.81 bits per heavy atom. The summed E-state index contributed by atoms with van der Waals surface area (Å²) in [6.45, 7) is 7.68. The summed E-state index contributed by atoms with van der Waals surface area (Å²) in [6.07, 6.45) is 15.8. The lowest BCUT2D eigenvalue weighted by atomic mass is 9.88. The van der Waals surface area contributed by atoms with E-state index in [9.17, 15) is 0 Å². The van der Waals surface area contributed by atoms with E-state index in [-0.39, 0.29) is 0 Å². The number of nitrogens with zero attached hydrogens (tertiary/aromatic N) is 1. The van der Waals surface area contributed by atoms with Crippen molar-refractivity contribution >= 4 is 6.21 Å². The third-order valence-electron chi connectivity index (χ3n) is 5.97. The first-order valence-corrected chi connectivity index (χ1v) is 10.5. The molecular formula is C24H38NO+. The highest BCUT2D eigenvalue weighted by molar-refractivity contribution is 5.46. The minimum Gasteiger partial charge on any atom is -0.493 e. The fourth-order valence-corrected chi connectivity index (χ4v) is 3.69. The summed E-state index contributed by atoms with van der Waals surface area (Å²) in [5.74, 6) is 3.30. The van der Waals surface area contributed by atoms with E-state index in [4.69, 9.17) is 4.74 Å². The van der Waals surface area contributed by atoms with Gasteiger partial charge in [-0.2, -0.15) is 0 Å². The van der Waals surface area contributed by atoms with Gasteiger partial charge in [0.15, 0.2) is 6.20 Å². The summed E-state index contributed by atoms with van der Waals surface area (Å²) in [5.41, 5.74) is 1.40. The Bertz CT molecular complexity index is 590. The van der Waals surface area contributed by atoms with E-state index in [0.717, 1.165) is 24.2 Å². The van der Waals surface area contributed by atoms with Crippen molar-refractivity contribution in [3.05, 3.63) is 42.1 Å². The Balaban J connectivity index is 1.64. The number of rotatable bonds is 9. The summed E-state index contributed by atoms with van der Waals surface area (Å²) in [7, 11) is 2.09. The van der Waals surface area contributed by atoms with Crippen LogP contribution in [-0.4, -0.2) is 24.4 Å². The Morgan fingerprint density at radius 2 is 2.00 bits per heavy atom. The summed E-state index contributed by atoms with van der Waals surface area (Å²) in [5, 5.41) is 0. The second kappa shape index (κ2) is 11.2. The second-order valence-electron chi connectivity index (χ2n) is 8.05. The Hall–Kier alpha value is -1.57. The number of allylic oxidation sites excluding steroid dienone is 1. The molecule has 1 heterocycles. The molecule has 0 N–H and O–H groups in total. The zero-order chi connectivity index (χ0) is 18.8. The van der Waals surface area contributed by atoms with Gasteiger partial charge in [0.25, 0.3) is 0 Å². The molecular weight excluding hydrogens is 318 g/mol. The van der Waals surface area contributed by atoms with E-state index < -0.39 is 0 Å². The van der Waals surface area contributed by atoms with Gasteiger partial charge >= 0.3 is 0 Å². The summed E-state index contributed by atoms with van der Waals surface area (Å²) < 4.78 is 8.02. The van der Waals surface area contributed by atoms with Gasteiger partial charge in [0.05, 0.1) is 6.61 Å². The lowest BCUT2D eigenvalue weighted by molar-refractivity contribution is -0.417. The molecule has 1 aromatic rings. The molecule has 1 aromatic carbocycles. The van der Waals surface area contributed by atoms with Crippen LogP contribution in [0.25, 0.3) is 0 Å². The van der Waals surface area contributed by atoms with E-state index in [1.807, 2.05) is 0 Å². The molecule has 0 saturated carbocycles. The number of benzene rings is 1. The first kappa shape index (κ1) is 20.7. The quantitative estimate of drug-likeness (QED) is 0.296. The maximum absolute atomic E-state index is 5.90. The van der Waals surface area contributed by atoms with Gasteiger partial charge in [0.2, 0.25) is 0 Å². The van der Waals surface area contributed by atoms with Gasteiger partial charge < -0.3 is 4.74 Å². The zero-order valence-electron chi connectivity index (χ0n) is 17.3. The number of unbranched alkanes of at least 4 members (excludes halogenated alkanes) is 2. The van der Waals surface area contributed by atoms with E-state index in [0.29, 0.717) is 5.92 Å². The summed E-state index contributed by atoms with van der Waals surface area (Å²) >= 11 is 0. The Morgan fingerprint density at radius 1 is 1.19 bits per heavy atom. The molecule has 0 aliphatic carbocycles. The van der Waals surface area contributed by atoms with Crippen LogP contribution in [0.2, 0.25) is 0 Å². The molecule has 0 aromatic heterocycles. The number of para-hydroxylation sites is 1. The smallest absolute Gasteiger partial charge is 0.164 e. The van der Waals surface area contributed by atoms with Crippen LogP contribution >= 0.6 is 0 Å². The Kier molecular flexibility index (Phi) is 8.94. The minimum atomic E-state index is 0.646. The average Bonchev–Trinajstić information content (AvgIpc) is 2.87. The largest absolute Gasteiger partial charge is 0.493 e. The third-order valence-corrected chi connectivity index (χ3v) is 5.97. The minimum absolute atomic E-state index is 0.646. The molecule has 2 heteroatoms. The topological polar surface area (TPSA) is 12.2 Å². The fraction of sp³-hybridized carbons (Fsp3) is 0.625. The van der Waals surface area contributed by atoms with Crippen LogP contribution in [0.15, 0.2) is 36.5 Å². The van der Waals surface area contributed by atoms with Crippen molar-refractivity contribution in [1.82, 2.24) is 0 Å². The SMILES string of the molecule is CC=[N+](C)C=CC(C)C(C)CCCCCC1CCOc2ccccc2C1. The third kappa shape index (κ3) is 6.97. The maximum atomic E-state index is 5.90. The zero-order valence-corrected chi connectivity index (χ0v) is 17.3. The molecule has 26 heavy (non-hydrogen) atoms. The summed E-state index contributed by atoms with van der Waals surface area (Å²) in [6, 6.07) is 8.57. The van der Waals surface area contributed by atoms with Gasteiger partial charge in [-0.05, 0) is 48.3 Å².